The van der Waals surface area contributed by atoms with Gasteiger partial charge in [0.25, 0.3) is 0 Å². The van der Waals surface area contributed by atoms with Crippen molar-refractivity contribution in [3.63, 3.8) is 0 Å². The van der Waals surface area contributed by atoms with Gasteiger partial charge in [0, 0.05) is 5.54 Å². The van der Waals surface area contributed by atoms with Gasteiger partial charge in [-0.15, -0.1) is 0 Å². The van der Waals surface area contributed by atoms with Crippen LogP contribution < -0.4 is 10.6 Å². The van der Waals surface area contributed by atoms with Crippen LogP contribution in [0.5, 0.6) is 0 Å². The van der Waals surface area contributed by atoms with Gasteiger partial charge < -0.3 is 10.6 Å². The zero-order valence-electron chi connectivity index (χ0n) is 16.2. The fourth-order valence-corrected chi connectivity index (χ4v) is 6.59. The lowest BCUT2D eigenvalue weighted by Gasteiger charge is -2.57. The van der Waals surface area contributed by atoms with Gasteiger partial charge in [-0.25, -0.2) is 0 Å². The predicted molar refractivity (Wildman–Crippen MR) is 109 cm³/mol. The maximum Gasteiger partial charge on any atom is 0.234 e. The average molecular weight is 363 g/mol. The summed E-state index contributed by atoms with van der Waals surface area (Å²) in [6, 6.07) is 14.7. The van der Waals surface area contributed by atoms with E-state index in [4.69, 9.17) is 0 Å². The molecule has 2 aromatic rings. The first-order valence-corrected chi connectivity index (χ1v) is 10.6. The number of rotatable bonds is 5. The highest BCUT2D eigenvalue weighted by atomic mass is 16.2. The van der Waals surface area contributed by atoms with Gasteiger partial charge in [-0.05, 0) is 79.5 Å². The van der Waals surface area contributed by atoms with E-state index in [2.05, 4.69) is 60.0 Å². The number of carbonyl (C=O) groups is 1. The number of amides is 1. The zero-order chi connectivity index (χ0) is 18.4. The second-order valence-electron chi connectivity index (χ2n) is 9.41. The van der Waals surface area contributed by atoms with Crippen molar-refractivity contribution in [2.45, 2.75) is 57.0 Å². The van der Waals surface area contributed by atoms with Crippen molar-refractivity contribution in [1.29, 1.82) is 0 Å². The Labute approximate surface area is 161 Å². The smallest absolute Gasteiger partial charge is 0.234 e. The van der Waals surface area contributed by atoms with E-state index in [9.17, 15) is 4.79 Å². The van der Waals surface area contributed by atoms with Gasteiger partial charge in [0.15, 0.2) is 0 Å². The molecule has 4 aliphatic rings. The average Bonchev–Trinajstić information content (AvgIpc) is 2.65. The van der Waals surface area contributed by atoms with Gasteiger partial charge in [0.2, 0.25) is 5.91 Å². The zero-order valence-corrected chi connectivity index (χ0v) is 16.2. The van der Waals surface area contributed by atoms with Gasteiger partial charge in [-0.3, -0.25) is 4.79 Å². The number of carbonyl (C=O) groups excluding carboxylic acids is 1. The molecule has 2 aromatic carbocycles. The molecule has 3 nitrogen and oxygen atoms in total. The van der Waals surface area contributed by atoms with Crippen LogP contribution in [0.3, 0.4) is 0 Å². The lowest BCUT2D eigenvalue weighted by molar-refractivity contribution is -0.122. The third-order valence-electron chi connectivity index (χ3n) is 7.33. The Balaban J connectivity index is 1.23. The van der Waals surface area contributed by atoms with E-state index in [1.165, 1.54) is 54.9 Å². The molecule has 0 spiro atoms. The molecule has 4 saturated carbocycles. The summed E-state index contributed by atoms with van der Waals surface area (Å²) in [4.78, 5) is 12.7. The summed E-state index contributed by atoms with van der Waals surface area (Å²) in [6.45, 7) is 2.53. The monoisotopic (exact) mass is 362 g/mol. The van der Waals surface area contributed by atoms with E-state index < -0.39 is 0 Å². The molecule has 0 saturated heterocycles. The second kappa shape index (κ2) is 6.63. The summed E-state index contributed by atoms with van der Waals surface area (Å²) >= 11 is 0. The molecule has 142 valence electrons. The minimum atomic E-state index is 0.0155. The van der Waals surface area contributed by atoms with Crippen molar-refractivity contribution in [3.05, 3.63) is 48.0 Å². The Morgan fingerprint density at radius 3 is 2.33 bits per heavy atom. The van der Waals surface area contributed by atoms with Crippen LogP contribution in [0.4, 0.5) is 0 Å². The van der Waals surface area contributed by atoms with Crippen LogP contribution in [0.2, 0.25) is 0 Å². The second-order valence-corrected chi connectivity index (χ2v) is 9.41. The summed E-state index contributed by atoms with van der Waals surface area (Å²) in [5.41, 5.74) is 1.44. The molecule has 4 fully saturated rings. The molecule has 0 unspecified atom stereocenters. The van der Waals surface area contributed by atoms with Crippen LogP contribution in [0, 0.1) is 17.8 Å². The van der Waals surface area contributed by atoms with Gasteiger partial charge in [0.05, 0.1) is 12.6 Å². The lowest BCUT2D eigenvalue weighted by atomic mass is 9.53. The highest BCUT2D eigenvalue weighted by Gasteiger charge is 2.50. The Morgan fingerprint density at radius 1 is 1.00 bits per heavy atom. The first kappa shape index (κ1) is 17.2. The standard InChI is InChI=1S/C24H30N2O/c1-16(21-8-4-6-20-5-2-3-7-22(20)21)26-23(27)15-25-24-12-17-9-18(13-24)11-19(10-17)14-24/h2-8,16-19,25H,9-15H2,1H3,(H,26,27)/t16-,17?,18?,19?,24?/m1/s1. The van der Waals surface area contributed by atoms with E-state index in [-0.39, 0.29) is 17.5 Å². The number of hydrogen-bond acceptors (Lipinski definition) is 2. The molecule has 4 bridgehead atoms. The van der Waals surface area contributed by atoms with Crippen LogP contribution in [0.1, 0.15) is 57.1 Å². The SMILES string of the molecule is C[C@@H](NC(=O)CNC12CC3CC(CC(C3)C1)C2)c1cccc2ccccc12. The molecule has 27 heavy (non-hydrogen) atoms. The predicted octanol–water partition coefficient (Wildman–Crippen LogP) is 4.58. The van der Waals surface area contributed by atoms with Crippen molar-refractivity contribution >= 4 is 16.7 Å². The van der Waals surface area contributed by atoms with Crippen LogP contribution in [0.25, 0.3) is 10.8 Å². The van der Waals surface area contributed by atoms with E-state index in [0.29, 0.717) is 6.54 Å². The fourth-order valence-electron chi connectivity index (χ4n) is 6.59. The minimum Gasteiger partial charge on any atom is -0.348 e. The lowest BCUT2D eigenvalue weighted by Crippen LogP contribution is -2.59. The molecule has 2 N–H and O–H groups in total. The van der Waals surface area contributed by atoms with Crippen molar-refractivity contribution in [2.24, 2.45) is 17.8 Å². The quantitative estimate of drug-likeness (QED) is 0.818. The van der Waals surface area contributed by atoms with Gasteiger partial charge in [-0.2, -0.15) is 0 Å². The van der Waals surface area contributed by atoms with Crippen molar-refractivity contribution in [3.8, 4) is 0 Å². The van der Waals surface area contributed by atoms with Gasteiger partial charge >= 0.3 is 0 Å². The highest BCUT2D eigenvalue weighted by molar-refractivity contribution is 5.87. The number of hydrogen-bond donors (Lipinski definition) is 2. The first-order valence-electron chi connectivity index (χ1n) is 10.6. The molecule has 1 amide bonds. The minimum absolute atomic E-state index is 0.0155. The molecule has 1 atom stereocenters. The maximum absolute atomic E-state index is 12.7. The summed E-state index contributed by atoms with van der Waals surface area (Å²) in [5.74, 6) is 2.83. The summed E-state index contributed by atoms with van der Waals surface area (Å²) in [5, 5.41) is 9.38. The number of fused-ring (bicyclic) bond motifs is 1. The Hall–Kier alpha value is -1.87. The fraction of sp³-hybridized carbons (Fsp3) is 0.542. The summed E-state index contributed by atoms with van der Waals surface area (Å²) < 4.78 is 0. The molecule has 4 aliphatic carbocycles. The maximum atomic E-state index is 12.7. The molecule has 6 rings (SSSR count). The van der Waals surface area contributed by atoms with Crippen LogP contribution >= 0.6 is 0 Å². The summed E-state index contributed by atoms with van der Waals surface area (Å²) in [7, 11) is 0. The van der Waals surface area contributed by atoms with E-state index in [1.54, 1.807) is 0 Å². The Morgan fingerprint density at radius 2 is 1.63 bits per heavy atom. The normalized spacial score (nSPS) is 32.6. The number of benzene rings is 2. The van der Waals surface area contributed by atoms with Crippen molar-refractivity contribution < 1.29 is 4.79 Å². The molecule has 0 aromatic heterocycles. The van der Waals surface area contributed by atoms with Gasteiger partial charge in [-0.1, -0.05) is 42.5 Å². The van der Waals surface area contributed by atoms with E-state index in [1.807, 2.05) is 0 Å². The number of nitrogens with one attached hydrogen (secondary N) is 2. The van der Waals surface area contributed by atoms with Crippen LogP contribution in [-0.2, 0) is 4.79 Å². The molecule has 0 aliphatic heterocycles. The third kappa shape index (κ3) is 3.27. The van der Waals surface area contributed by atoms with Crippen molar-refractivity contribution in [2.75, 3.05) is 6.54 Å². The molecule has 0 heterocycles. The topological polar surface area (TPSA) is 41.1 Å². The van der Waals surface area contributed by atoms with Gasteiger partial charge in [0.1, 0.15) is 0 Å². The molecule has 3 heteroatoms. The molecule has 0 radical (unpaired) electrons. The Bertz CT molecular complexity index is 818. The first-order chi connectivity index (χ1) is 13.1. The molecular formula is C24H30N2O. The largest absolute Gasteiger partial charge is 0.348 e. The van der Waals surface area contributed by atoms with Crippen LogP contribution in [-0.4, -0.2) is 18.0 Å². The molecular weight excluding hydrogens is 332 g/mol. The van der Waals surface area contributed by atoms with Crippen molar-refractivity contribution in [1.82, 2.24) is 10.6 Å². The van der Waals surface area contributed by atoms with Crippen LogP contribution in [0.15, 0.2) is 42.5 Å². The van der Waals surface area contributed by atoms with E-state index in [0.717, 1.165) is 17.8 Å². The highest BCUT2D eigenvalue weighted by Crippen LogP contribution is 2.55. The van der Waals surface area contributed by atoms with E-state index >= 15 is 0 Å². The third-order valence-corrected chi connectivity index (χ3v) is 7.33. The Kier molecular flexibility index (Phi) is 4.23. The summed E-state index contributed by atoms with van der Waals surface area (Å²) in [6.07, 6.45) is 8.16.